The van der Waals surface area contributed by atoms with Crippen LogP contribution >= 0.6 is 0 Å². The quantitative estimate of drug-likeness (QED) is 0.746. The molecule has 0 fully saturated rings. The smallest absolute Gasteiger partial charge is 0.124 e. The topological polar surface area (TPSA) is 23.5 Å². The Labute approximate surface area is 98.9 Å². The van der Waals surface area contributed by atoms with Crippen molar-refractivity contribution in [2.24, 2.45) is 0 Å². The van der Waals surface area contributed by atoms with E-state index in [9.17, 15) is 5.11 Å². The summed E-state index contributed by atoms with van der Waals surface area (Å²) in [6.45, 7) is 7.06. The van der Waals surface area contributed by atoms with E-state index in [0.717, 1.165) is 31.5 Å². The number of benzene rings is 1. The minimum Gasteiger partial charge on any atom is -0.374 e. The molecular formula is C14H23NO. The van der Waals surface area contributed by atoms with Crippen LogP contribution in [-0.2, 0) is 6.42 Å². The second-order valence-corrected chi connectivity index (χ2v) is 4.20. The molecule has 0 amide bonds. The van der Waals surface area contributed by atoms with Crippen molar-refractivity contribution < 1.29 is 5.11 Å². The standard InChI is InChI=1S/C14H23NO/c1-4-6-11-15(12(3)16)14-9-7-13(5-2)8-10-14/h7-10,12,16H,4-6,11H2,1-3H3. The van der Waals surface area contributed by atoms with Crippen molar-refractivity contribution in [2.45, 2.75) is 46.3 Å². The molecule has 1 N–H and O–H groups in total. The summed E-state index contributed by atoms with van der Waals surface area (Å²) in [6.07, 6.45) is 2.90. The van der Waals surface area contributed by atoms with Gasteiger partial charge >= 0.3 is 0 Å². The van der Waals surface area contributed by atoms with Gasteiger partial charge < -0.3 is 10.0 Å². The number of aryl methyl sites for hydroxylation is 1. The maximum absolute atomic E-state index is 9.74. The summed E-state index contributed by atoms with van der Waals surface area (Å²) in [5.74, 6) is 0. The Morgan fingerprint density at radius 1 is 1.19 bits per heavy atom. The number of nitrogens with zero attached hydrogens (tertiary/aromatic N) is 1. The maximum Gasteiger partial charge on any atom is 0.124 e. The summed E-state index contributed by atoms with van der Waals surface area (Å²) >= 11 is 0. The van der Waals surface area contributed by atoms with Crippen molar-refractivity contribution in [3.63, 3.8) is 0 Å². The molecule has 16 heavy (non-hydrogen) atoms. The van der Waals surface area contributed by atoms with Crippen LogP contribution in [0, 0.1) is 0 Å². The highest BCUT2D eigenvalue weighted by Crippen LogP contribution is 2.18. The summed E-state index contributed by atoms with van der Waals surface area (Å²) in [5, 5.41) is 9.74. The summed E-state index contributed by atoms with van der Waals surface area (Å²) in [4.78, 5) is 2.04. The number of hydrogen-bond donors (Lipinski definition) is 1. The van der Waals surface area contributed by atoms with Gasteiger partial charge in [-0.1, -0.05) is 32.4 Å². The van der Waals surface area contributed by atoms with Gasteiger partial charge in [0.1, 0.15) is 6.23 Å². The zero-order valence-electron chi connectivity index (χ0n) is 10.6. The minimum atomic E-state index is -0.418. The fourth-order valence-electron chi connectivity index (χ4n) is 1.78. The van der Waals surface area contributed by atoms with Crippen LogP contribution in [0.25, 0.3) is 0 Å². The largest absolute Gasteiger partial charge is 0.374 e. The predicted molar refractivity (Wildman–Crippen MR) is 69.8 cm³/mol. The fraction of sp³-hybridized carbons (Fsp3) is 0.571. The van der Waals surface area contributed by atoms with E-state index in [4.69, 9.17) is 0 Å². The Morgan fingerprint density at radius 2 is 1.81 bits per heavy atom. The van der Waals surface area contributed by atoms with Crippen LogP contribution in [-0.4, -0.2) is 17.9 Å². The van der Waals surface area contributed by atoms with Crippen LogP contribution in [0.5, 0.6) is 0 Å². The first-order chi connectivity index (χ1) is 7.69. The van der Waals surface area contributed by atoms with E-state index >= 15 is 0 Å². The van der Waals surface area contributed by atoms with E-state index in [0.29, 0.717) is 0 Å². The lowest BCUT2D eigenvalue weighted by molar-refractivity contribution is 0.188. The van der Waals surface area contributed by atoms with E-state index in [2.05, 4.69) is 38.1 Å². The van der Waals surface area contributed by atoms with Crippen molar-refractivity contribution in [3.8, 4) is 0 Å². The van der Waals surface area contributed by atoms with Crippen LogP contribution in [0.2, 0.25) is 0 Å². The van der Waals surface area contributed by atoms with Gasteiger partial charge in [0.15, 0.2) is 0 Å². The Kier molecular flexibility index (Phi) is 5.33. The monoisotopic (exact) mass is 221 g/mol. The van der Waals surface area contributed by atoms with Gasteiger partial charge in [-0.25, -0.2) is 0 Å². The van der Waals surface area contributed by atoms with Gasteiger partial charge in [0.05, 0.1) is 0 Å². The zero-order chi connectivity index (χ0) is 12.0. The Morgan fingerprint density at radius 3 is 2.25 bits per heavy atom. The van der Waals surface area contributed by atoms with Crippen LogP contribution < -0.4 is 4.90 Å². The highest BCUT2D eigenvalue weighted by molar-refractivity contribution is 5.47. The number of aliphatic hydroxyl groups is 1. The molecule has 2 heteroatoms. The average Bonchev–Trinajstić information content (AvgIpc) is 2.30. The van der Waals surface area contributed by atoms with Gasteiger partial charge in [-0.05, 0) is 37.5 Å². The zero-order valence-corrected chi connectivity index (χ0v) is 10.6. The van der Waals surface area contributed by atoms with E-state index in [1.807, 2.05) is 11.8 Å². The SMILES string of the molecule is CCCCN(c1ccc(CC)cc1)C(C)O. The molecule has 1 aromatic carbocycles. The molecule has 0 aromatic heterocycles. The van der Waals surface area contributed by atoms with E-state index in [1.54, 1.807) is 0 Å². The molecule has 0 aliphatic heterocycles. The van der Waals surface area contributed by atoms with Crippen LogP contribution in [0.3, 0.4) is 0 Å². The van der Waals surface area contributed by atoms with Crippen molar-refractivity contribution >= 4 is 5.69 Å². The molecule has 1 aromatic rings. The molecule has 0 aliphatic carbocycles. The van der Waals surface area contributed by atoms with Crippen molar-refractivity contribution in [1.82, 2.24) is 0 Å². The molecule has 0 saturated heterocycles. The van der Waals surface area contributed by atoms with Gasteiger partial charge in [0.25, 0.3) is 0 Å². The Bertz CT molecular complexity index is 292. The molecular weight excluding hydrogens is 198 g/mol. The predicted octanol–water partition coefficient (Wildman–Crippen LogP) is 3.19. The minimum absolute atomic E-state index is 0.418. The second-order valence-electron chi connectivity index (χ2n) is 4.20. The van der Waals surface area contributed by atoms with E-state index in [1.165, 1.54) is 5.56 Å². The first-order valence-electron chi connectivity index (χ1n) is 6.22. The van der Waals surface area contributed by atoms with Crippen LogP contribution in [0.15, 0.2) is 24.3 Å². The lowest BCUT2D eigenvalue weighted by Gasteiger charge is -2.27. The Balaban J connectivity index is 2.75. The summed E-state index contributed by atoms with van der Waals surface area (Å²) in [7, 11) is 0. The molecule has 0 radical (unpaired) electrons. The summed E-state index contributed by atoms with van der Waals surface area (Å²) < 4.78 is 0. The molecule has 1 atom stereocenters. The Hall–Kier alpha value is -1.02. The molecule has 0 saturated carbocycles. The lowest BCUT2D eigenvalue weighted by Crippen LogP contribution is -2.33. The fourth-order valence-corrected chi connectivity index (χ4v) is 1.78. The van der Waals surface area contributed by atoms with Gasteiger partial charge in [-0.2, -0.15) is 0 Å². The summed E-state index contributed by atoms with van der Waals surface area (Å²) in [6, 6.07) is 8.47. The molecule has 2 nitrogen and oxygen atoms in total. The highest BCUT2D eigenvalue weighted by atomic mass is 16.3. The number of hydrogen-bond acceptors (Lipinski definition) is 2. The van der Waals surface area contributed by atoms with E-state index in [-0.39, 0.29) is 0 Å². The third-order valence-electron chi connectivity index (χ3n) is 2.88. The van der Waals surface area contributed by atoms with Gasteiger partial charge in [0.2, 0.25) is 0 Å². The second kappa shape index (κ2) is 6.54. The van der Waals surface area contributed by atoms with Gasteiger partial charge in [-0.15, -0.1) is 0 Å². The van der Waals surface area contributed by atoms with E-state index < -0.39 is 6.23 Å². The molecule has 0 aliphatic rings. The number of rotatable bonds is 6. The average molecular weight is 221 g/mol. The number of anilines is 1. The molecule has 1 unspecified atom stereocenters. The molecule has 0 bridgehead atoms. The third-order valence-corrected chi connectivity index (χ3v) is 2.88. The molecule has 0 heterocycles. The lowest BCUT2D eigenvalue weighted by atomic mass is 10.1. The van der Waals surface area contributed by atoms with Gasteiger partial charge in [-0.3, -0.25) is 0 Å². The maximum atomic E-state index is 9.74. The van der Waals surface area contributed by atoms with Crippen molar-refractivity contribution in [3.05, 3.63) is 29.8 Å². The van der Waals surface area contributed by atoms with Crippen LogP contribution in [0.1, 0.15) is 39.2 Å². The van der Waals surface area contributed by atoms with Crippen molar-refractivity contribution in [1.29, 1.82) is 0 Å². The molecule has 90 valence electrons. The third kappa shape index (κ3) is 3.53. The van der Waals surface area contributed by atoms with Crippen molar-refractivity contribution in [2.75, 3.05) is 11.4 Å². The normalized spacial score (nSPS) is 12.5. The van der Waals surface area contributed by atoms with Crippen LogP contribution in [0.4, 0.5) is 5.69 Å². The molecule has 1 rings (SSSR count). The highest BCUT2D eigenvalue weighted by Gasteiger charge is 2.10. The first kappa shape index (κ1) is 13.0. The van der Waals surface area contributed by atoms with Gasteiger partial charge in [0, 0.05) is 12.2 Å². The molecule has 0 spiro atoms. The first-order valence-corrected chi connectivity index (χ1v) is 6.22. The number of unbranched alkanes of at least 4 members (excludes halogenated alkanes) is 1. The number of aliphatic hydroxyl groups excluding tert-OH is 1. The summed E-state index contributed by atoms with van der Waals surface area (Å²) in [5.41, 5.74) is 2.45.